The average Bonchev–Trinajstić information content (AvgIpc) is 2.73. The molecule has 0 saturated carbocycles. The monoisotopic (exact) mass is 252 g/mol. The Bertz CT molecular complexity index is 558. The van der Waals surface area contributed by atoms with Crippen LogP contribution in [0.4, 0.5) is 8.78 Å². The van der Waals surface area contributed by atoms with E-state index in [0.29, 0.717) is 12.0 Å². The van der Waals surface area contributed by atoms with Crippen molar-refractivity contribution in [3.63, 3.8) is 0 Å². The molecule has 1 aromatic carbocycles. The number of rotatable bonds is 4. The second-order valence-corrected chi connectivity index (χ2v) is 3.70. The molecule has 0 bridgehead atoms. The molecule has 0 spiro atoms. The third-order valence-corrected chi connectivity index (χ3v) is 2.29. The van der Waals surface area contributed by atoms with Gasteiger partial charge in [0.05, 0.1) is 5.69 Å². The van der Waals surface area contributed by atoms with Crippen molar-refractivity contribution >= 4 is 6.29 Å². The summed E-state index contributed by atoms with van der Waals surface area (Å²) in [6.07, 6.45) is 2.07. The number of halogens is 2. The van der Waals surface area contributed by atoms with E-state index in [1.165, 1.54) is 0 Å². The lowest BCUT2D eigenvalue weighted by atomic mass is 10.2. The second kappa shape index (κ2) is 4.95. The molecular formula is C12H10F2N2O2. The van der Waals surface area contributed by atoms with Crippen molar-refractivity contribution < 1.29 is 18.3 Å². The van der Waals surface area contributed by atoms with Crippen molar-refractivity contribution in [1.29, 1.82) is 0 Å². The van der Waals surface area contributed by atoms with Crippen LogP contribution in [0.3, 0.4) is 0 Å². The molecule has 94 valence electrons. The SMILES string of the molecule is Cn1ccc(COc2c(F)cc(C=O)cc2F)n1. The number of hydrogen-bond acceptors (Lipinski definition) is 3. The van der Waals surface area contributed by atoms with Gasteiger partial charge in [-0.1, -0.05) is 0 Å². The van der Waals surface area contributed by atoms with Crippen LogP contribution in [0.5, 0.6) is 5.75 Å². The summed E-state index contributed by atoms with van der Waals surface area (Å²) in [4.78, 5) is 10.4. The predicted molar refractivity (Wildman–Crippen MR) is 59.3 cm³/mol. The van der Waals surface area contributed by atoms with Crippen molar-refractivity contribution in [1.82, 2.24) is 9.78 Å². The topological polar surface area (TPSA) is 44.1 Å². The molecule has 0 aliphatic carbocycles. The van der Waals surface area contributed by atoms with Crippen molar-refractivity contribution in [3.05, 3.63) is 47.3 Å². The molecule has 0 aliphatic rings. The number of benzene rings is 1. The summed E-state index contributed by atoms with van der Waals surface area (Å²) in [6.45, 7) is -0.0465. The third-order valence-electron chi connectivity index (χ3n) is 2.29. The molecule has 6 heteroatoms. The Balaban J connectivity index is 2.16. The Morgan fingerprint density at radius 1 is 1.39 bits per heavy atom. The van der Waals surface area contributed by atoms with Gasteiger partial charge in [-0.3, -0.25) is 9.48 Å². The number of hydrogen-bond donors (Lipinski definition) is 0. The van der Waals surface area contributed by atoms with E-state index in [4.69, 9.17) is 4.74 Å². The van der Waals surface area contributed by atoms with Gasteiger partial charge in [0.1, 0.15) is 12.9 Å². The maximum Gasteiger partial charge on any atom is 0.191 e. The van der Waals surface area contributed by atoms with Gasteiger partial charge < -0.3 is 4.74 Å². The van der Waals surface area contributed by atoms with Crippen LogP contribution in [0.2, 0.25) is 0 Å². The number of carbonyl (C=O) groups is 1. The lowest BCUT2D eigenvalue weighted by Gasteiger charge is -2.07. The maximum atomic E-state index is 13.5. The van der Waals surface area contributed by atoms with E-state index in [0.717, 1.165) is 12.1 Å². The van der Waals surface area contributed by atoms with E-state index in [1.807, 2.05) is 0 Å². The summed E-state index contributed by atoms with van der Waals surface area (Å²) in [5.74, 6) is -2.33. The largest absolute Gasteiger partial charge is 0.481 e. The highest BCUT2D eigenvalue weighted by molar-refractivity contribution is 5.75. The smallest absolute Gasteiger partial charge is 0.191 e. The minimum Gasteiger partial charge on any atom is -0.481 e. The highest BCUT2D eigenvalue weighted by atomic mass is 19.1. The highest BCUT2D eigenvalue weighted by Gasteiger charge is 2.13. The van der Waals surface area contributed by atoms with Crippen LogP contribution in [0, 0.1) is 11.6 Å². The Morgan fingerprint density at radius 2 is 2.06 bits per heavy atom. The number of aromatic nitrogens is 2. The molecule has 0 saturated heterocycles. The quantitative estimate of drug-likeness (QED) is 0.782. The van der Waals surface area contributed by atoms with Gasteiger partial charge in [0, 0.05) is 18.8 Å². The van der Waals surface area contributed by atoms with E-state index in [-0.39, 0.29) is 12.2 Å². The molecule has 0 radical (unpaired) electrons. The van der Waals surface area contributed by atoms with Crippen LogP contribution in [-0.2, 0) is 13.7 Å². The molecule has 4 nitrogen and oxygen atoms in total. The first-order valence-electron chi connectivity index (χ1n) is 5.15. The van der Waals surface area contributed by atoms with Crippen molar-refractivity contribution in [2.45, 2.75) is 6.61 Å². The Hall–Kier alpha value is -2.24. The van der Waals surface area contributed by atoms with Gasteiger partial charge >= 0.3 is 0 Å². The van der Waals surface area contributed by atoms with Crippen LogP contribution in [-0.4, -0.2) is 16.1 Å². The number of aryl methyl sites for hydroxylation is 1. The minimum absolute atomic E-state index is 0.0465. The van der Waals surface area contributed by atoms with E-state index in [9.17, 15) is 13.6 Å². The molecule has 2 aromatic rings. The zero-order valence-corrected chi connectivity index (χ0v) is 9.56. The zero-order chi connectivity index (χ0) is 13.1. The summed E-state index contributed by atoms with van der Waals surface area (Å²) in [6, 6.07) is 3.52. The summed E-state index contributed by atoms with van der Waals surface area (Å²) < 4.78 is 33.5. The van der Waals surface area contributed by atoms with Gasteiger partial charge in [-0.15, -0.1) is 0 Å². The maximum absolute atomic E-state index is 13.5. The normalized spacial score (nSPS) is 10.4. The second-order valence-electron chi connectivity index (χ2n) is 3.70. The van der Waals surface area contributed by atoms with E-state index in [2.05, 4.69) is 5.10 Å². The molecule has 1 aromatic heterocycles. The van der Waals surface area contributed by atoms with Crippen LogP contribution in [0.25, 0.3) is 0 Å². The van der Waals surface area contributed by atoms with Crippen molar-refractivity contribution in [2.24, 2.45) is 7.05 Å². The van der Waals surface area contributed by atoms with E-state index in [1.54, 1.807) is 24.0 Å². The fraction of sp³-hybridized carbons (Fsp3) is 0.167. The average molecular weight is 252 g/mol. The Kier molecular flexibility index (Phi) is 3.36. The van der Waals surface area contributed by atoms with E-state index >= 15 is 0 Å². The minimum atomic E-state index is -0.909. The van der Waals surface area contributed by atoms with Gasteiger partial charge in [-0.2, -0.15) is 5.10 Å². The fourth-order valence-electron chi connectivity index (χ4n) is 1.47. The molecule has 1 heterocycles. The van der Waals surface area contributed by atoms with Gasteiger partial charge in [0.2, 0.25) is 0 Å². The van der Waals surface area contributed by atoms with Gasteiger partial charge in [0.25, 0.3) is 0 Å². The molecular weight excluding hydrogens is 242 g/mol. The number of carbonyl (C=O) groups excluding carboxylic acids is 1. The predicted octanol–water partition coefficient (Wildman–Crippen LogP) is 2.09. The summed E-state index contributed by atoms with van der Waals surface area (Å²) in [5, 5.41) is 4.01. The lowest BCUT2D eigenvalue weighted by molar-refractivity contribution is 0.112. The van der Waals surface area contributed by atoms with Crippen LogP contribution in [0.15, 0.2) is 24.4 Å². The first-order valence-corrected chi connectivity index (χ1v) is 5.15. The number of aldehydes is 1. The fourth-order valence-corrected chi connectivity index (χ4v) is 1.47. The van der Waals surface area contributed by atoms with Crippen LogP contribution >= 0.6 is 0 Å². The Labute approximate surface area is 102 Å². The summed E-state index contributed by atoms with van der Waals surface area (Å²) in [5.41, 5.74) is 0.478. The molecule has 0 atom stereocenters. The summed E-state index contributed by atoms with van der Waals surface area (Å²) >= 11 is 0. The summed E-state index contributed by atoms with van der Waals surface area (Å²) in [7, 11) is 1.73. The lowest BCUT2D eigenvalue weighted by Crippen LogP contribution is -2.02. The van der Waals surface area contributed by atoms with Gasteiger partial charge in [-0.05, 0) is 18.2 Å². The zero-order valence-electron chi connectivity index (χ0n) is 9.56. The molecule has 2 rings (SSSR count). The number of ether oxygens (including phenoxy) is 1. The van der Waals surface area contributed by atoms with Crippen LogP contribution in [0.1, 0.15) is 16.1 Å². The van der Waals surface area contributed by atoms with Crippen LogP contribution < -0.4 is 4.74 Å². The first kappa shape index (κ1) is 12.2. The first-order chi connectivity index (χ1) is 8.60. The highest BCUT2D eigenvalue weighted by Crippen LogP contribution is 2.23. The molecule has 0 amide bonds. The van der Waals surface area contributed by atoms with Gasteiger partial charge in [0.15, 0.2) is 17.4 Å². The Morgan fingerprint density at radius 3 is 2.56 bits per heavy atom. The van der Waals surface area contributed by atoms with Crippen molar-refractivity contribution in [3.8, 4) is 5.75 Å². The third kappa shape index (κ3) is 2.53. The standard InChI is InChI=1S/C12H10F2N2O2/c1-16-3-2-9(15-16)7-18-12-10(13)4-8(6-17)5-11(12)14/h2-6H,7H2,1H3. The van der Waals surface area contributed by atoms with Gasteiger partial charge in [-0.25, -0.2) is 8.78 Å². The van der Waals surface area contributed by atoms with Crippen molar-refractivity contribution in [2.75, 3.05) is 0 Å². The molecule has 0 unspecified atom stereocenters. The molecule has 18 heavy (non-hydrogen) atoms. The van der Waals surface area contributed by atoms with E-state index < -0.39 is 17.4 Å². The molecule has 0 N–H and O–H groups in total. The molecule has 0 fully saturated rings. The molecule has 0 aliphatic heterocycles. The number of nitrogens with zero attached hydrogens (tertiary/aromatic N) is 2.